The van der Waals surface area contributed by atoms with Gasteiger partial charge in [-0.3, -0.25) is 0 Å². The van der Waals surface area contributed by atoms with Crippen molar-refractivity contribution in [2.75, 3.05) is 39.5 Å². The molecular weight excluding hydrogens is 578 g/mol. The maximum absolute atomic E-state index is 13.3. The van der Waals surface area contributed by atoms with Gasteiger partial charge in [0.1, 0.15) is 13.2 Å². The normalized spacial score (nSPS) is 11.1. The summed E-state index contributed by atoms with van der Waals surface area (Å²) in [7, 11) is -3.80. The minimum atomic E-state index is -3.80. The first kappa shape index (κ1) is 39.3. The largest absolute Gasteiger partial charge is 0.365 e. The van der Waals surface area contributed by atoms with Crippen molar-refractivity contribution in [1.82, 2.24) is 4.31 Å². The summed E-state index contributed by atoms with van der Waals surface area (Å²) in [5, 5.41) is 0. The molecule has 0 aliphatic heterocycles. The van der Waals surface area contributed by atoms with E-state index < -0.39 is 10.0 Å². The summed E-state index contributed by atoms with van der Waals surface area (Å²) in [6.07, 6.45) is 12.6. The summed E-state index contributed by atoms with van der Waals surface area (Å²) >= 11 is 0. The first-order valence-corrected chi connectivity index (χ1v) is 16.7. The lowest BCUT2D eigenvalue weighted by Gasteiger charge is -2.17. The van der Waals surface area contributed by atoms with Crippen molar-refractivity contribution < 1.29 is 17.9 Å². The van der Waals surface area contributed by atoms with Crippen molar-refractivity contribution in [2.45, 2.75) is 79.0 Å². The molecule has 0 saturated carbocycles. The lowest BCUT2D eigenvalue weighted by atomic mass is 10.1. The van der Waals surface area contributed by atoms with Crippen molar-refractivity contribution in [1.29, 1.82) is 0 Å². The van der Waals surface area contributed by atoms with E-state index in [0.29, 0.717) is 13.2 Å². The molecule has 5 nitrogen and oxygen atoms in total. The number of aryl methyl sites for hydroxylation is 1. The number of hydrogen-bond acceptors (Lipinski definition) is 4. The number of sulfonamides is 1. The number of benzene rings is 1. The molecule has 240 valence electrons. The van der Waals surface area contributed by atoms with Gasteiger partial charge in [-0.15, -0.1) is 0 Å². The van der Waals surface area contributed by atoms with Gasteiger partial charge in [0, 0.05) is 0 Å². The second kappa shape index (κ2) is 23.6. The van der Waals surface area contributed by atoms with E-state index >= 15 is 0 Å². The Balaban J connectivity index is 2.70. The quantitative estimate of drug-likeness (QED) is 0.109. The lowest BCUT2D eigenvalue weighted by Crippen LogP contribution is -2.32. The van der Waals surface area contributed by atoms with E-state index in [0.717, 1.165) is 31.2 Å². The predicted molar refractivity (Wildman–Crippen MR) is 188 cm³/mol. The van der Waals surface area contributed by atoms with E-state index in [1.807, 2.05) is 6.92 Å². The summed E-state index contributed by atoms with van der Waals surface area (Å²) in [6.45, 7) is 15.9. The highest BCUT2D eigenvalue weighted by Gasteiger charge is 2.22. The van der Waals surface area contributed by atoms with Crippen LogP contribution in [-0.4, -0.2) is 52.2 Å². The highest BCUT2D eigenvalue weighted by molar-refractivity contribution is 7.89. The van der Waals surface area contributed by atoms with Crippen molar-refractivity contribution >= 4 is 10.0 Å². The van der Waals surface area contributed by atoms with Crippen molar-refractivity contribution in [3.8, 4) is 47.4 Å². The van der Waals surface area contributed by atoms with Crippen molar-refractivity contribution in [3.05, 3.63) is 76.4 Å². The Morgan fingerprint density at radius 2 is 1.09 bits per heavy atom. The highest BCUT2D eigenvalue weighted by Crippen LogP contribution is 2.16. The molecule has 0 N–H and O–H groups in total. The average Bonchev–Trinajstić information content (AvgIpc) is 2.98. The van der Waals surface area contributed by atoms with E-state index in [4.69, 9.17) is 9.47 Å². The molecule has 1 rings (SSSR count). The maximum atomic E-state index is 13.3. The van der Waals surface area contributed by atoms with Crippen LogP contribution in [0.4, 0.5) is 0 Å². The molecule has 0 spiro atoms. The molecule has 45 heavy (non-hydrogen) atoms. The molecule has 0 unspecified atom stereocenters. The van der Waals surface area contributed by atoms with Crippen LogP contribution in [0.2, 0.25) is 0 Å². The van der Waals surface area contributed by atoms with Crippen LogP contribution < -0.4 is 0 Å². The van der Waals surface area contributed by atoms with Crippen LogP contribution in [0.3, 0.4) is 0 Å². The predicted octanol–water partition coefficient (Wildman–Crippen LogP) is 7.42. The Labute approximate surface area is 273 Å². The van der Waals surface area contributed by atoms with E-state index in [-0.39, 0.29) is 31.2 Å². The molecule has 0 saturated heterocycles. The Morgan fingerprint density at radius 3 is 1.51 bits per heavy atom. The minimum Gasteiger partial charge on any atom is -0.365 e. The zero-order chi connectivity index (χ0) is 33.3. The fraction of sp³-hybridized carbons (Fsp3) is 0.436. The van der Waals surface area contributed by atoms with Gasteiger partial charge in [-0.1, -0.05) is 88.0 Å². The first-order chi connectivity index (χ1) is 21.5. The Morgan fingerprint density at radius 1 is 0.667 bits per heavy atom. The molecule has 0 heterocycles. The number of hydrogen-bond donors (Lipinski definition) is 0. The van der Waals surface area contributed by atoms with Crippen LogP contribution in [0.15, 0.2) is 75.8 Å². The van der Waals surface area contributed by atoms with Crippen LogP contribution in [-0.2, 0) is 19.5 Å². The molecule has 0 atom stereocenters. The molecule has 0 amide bonds. The number of allylic oxidation sites excluding steroid dienone is 6. The van der Waals surface area contributed by atoms with Gasteiger partial charge in [-0.2, -0.15) is 4.31 Å². The first-order valence-electron chi connectivity index (χ1n) is 15.2. The van der Waals surface area contributed by atoms with Gasteiger partial charge in [-0.25, -0.2) is 8.42 Å². The van der Waals surface area contributed by atoms with Gasteiger partial charge in [0.25, 0.3) is 0 Å². The molecule has 0 aromatic heterocycles. The summed E-state index contributed by atoms with van der Waals surface area (Å²) in [4.78, 5) is 0.184. The Bertz CT molecular complexity index is 1460. The molecule has 0 bridgehead atoms. The summed E-state index contributed by atoms with van der Waals surface area (Å²) < 4.78 is 38.9. The smallest absolute Gasteiger partial charge is 0.244 e. The Kier molecular flexibility index (Phi) is 20.6. The zero-order valence-electron chi connectivity index (χ0n) is 28.2. The van der Waals surface area contributed by atoms with Gasteiger partial charge in [-0.05, 0) is 110 Å². The Hall–Kier alpha value is -3.75. The number of nitrogens with zero attached hydrogens (tertiary/aromatic N) is 1. The number of rotatable bonds is 16. The zero-order valence-corrected chi connectivity index (χ0v) is 29.0. The lowest BCUT2D eigenvalue weighted by molar-refractivity contribution is 0.198. The standard InChI is InChI=1S/C39H49NO4S/c1-34(2)18-16-20-36(5)26-32-43-30-14-10-8-12-28-40(45(41,42)39-24-22-38(7)23-25-39)29-13-9-11-15-31-44-33-27-37(6)21-17-19-35(3)4/h18-19,22-27H,16-17,20-21,28-33H2,1-7H3/b36-26+,37-27+. The molecule has 0 aliphatic carbocycles. The van der Waals surface area contributed by atoms with Crippen LogP contribution in [0.5, 0.6) is 0 Å². The topological polar surface area (TPSA) is 55.8 Å². The van der Waals surface area contributed by atoms with E-state index in [9.17, 15) is 8.42 Å². The summed E-state index contributed by atoms with van der Waals surface area (Å²) in [5.74, 6) is 22.3. The van der Waals surface area contributed by atoms with Gasteiger partial charge in [0.15, 0.2) is 0 Å². The molecule has 1 aromatic carbocycles. The second-order valence-electron chi connectivity index (χ2n) is 11.1. The van der Waals surface area contributed by atoms with Crippen LogP contribution in [0.25, 0.3) is 0 Å². The fourth-order valence-electron chi connectivity index (χ4n) is 3.59. The van der Waals surface area contributed by atoms with Gasteiger partial charge < -0.3 is 9.47 Å². The SMILES string of the molecule is CC(C)=CCC/C(C)=C/COCC#CC#CCN(CC#CC#CCOC/C=C(\C)CCC=C(C)C)S(=O)(=O)c1ccc(C)cc1. The van der Waals surface area contributed by atoms with Crippen molar-refractivity contribution in [3.63, 3.8) is 0 Å². The number of ether oxygens (including phenoxy) is 2. The fourth-order valence-corrected chi connectivity index (χ4v) is 4.84. The highest BCUT2D eigenvalue weighted by atomic mass is 32.2. The summed E-state index contributed by atoms with van der Waals surface area (Å²) in [5.41, 5.74) is 6.18. The van der Waals surface area contributed by atoms with E-state index in [1.165, 1.54) is 26.6 Å². The molecule has 0 aliphatic rings. The van der Waals surface area contributed by atoms with E-state index in [1.54, 1.807) is 24.3 Å². The van der Waals surface area contributed by atoms with E-state index in [2.05, 4.69) is 113 Å². The molecule has 6 heteroatoms. The van der Waals surface area contributed by atoms with Crippen LogP contribution in [0, 0.1) is 54.3 Å². The summed E-state index contributed by atoms with van der Waals surface area (Å²) in [6, 6.07) is 6.70. The van der Waals surface area contributed by atoms with Crippen LogP contribution in [0.1, 0.15) is 72.8 Å². The van der Waals surface area contributed by atoms with Gasteiger partial charge in [0.2, 0.25) is 10.0 Å². The molecule has 0 radical (unpaired) electrons. The van der Waals surface area contributed by atoms with Crippen LogP contribution >= 0.6 is 0 Å². The van der Waals surface area contributed by atoms with Crippen molar-refractivity contribution in [2.24, 2.45) is 0 Å². The molecule has 1 aromatic rings. The molecular formula is C39H49NO4S. The molecule has 0 fully saturated rings. The minimum absolute atomic E-state index is 0.0517. The second-order valence-corrected chi connectivity index (χ2v) is 13.0. The monoisotopic (exact) mass is 627 g/mol. The third-order valence-electron chi connectivity index (χ3n) is 6.28. The third-order valence-corrected chi connectivity index (χ3v) is 8.08. The maximum Gasteiger partial charge on any atom is 0.244 e. The van der Waals surface area contributed by atoms with Gasteiger partial charge >= 0.3 is 0 Å². The average molecular weight is 628 g/mol. The third kappa shape index (κ3) is 20.0. The van der Waals surface area contributed by atoms with Gasteiger partial charge in [0.05, 0.1) is 31.2 Å².